The van der Waals surface area contributed by atoms with Crippen LogP contribution < -0.4 is 10.6 Å². The van der Waals surface area contributed by atoms with Crippen molar-refractivity contribution in [2.75, 3.05) is 38.0 Å². The number of carbonyl (C=O) groups is 2. The number of anilines is 1. The summed E-state index contributed by atoms with van der Waals surface area (Å²) in [7, 11) is 0. The maximum Gasteiger partial charge on any atom is 0.251 e. The lowest BCUT2D eigenvalue weighted by atomic mass is 10.0. The van der Waals surface area contributed by atoms with E-state index in [1.165, 1.54) is 10.6 Å². The molecule has 9 nitrogen and oxygen atoms in total. The lowest BCUT2D eigenvalue weighted by Gasteiger charge is -2.32. The largest absolute Gasteiger partial charge is 0.390 e. The molecule has 2 aromatic rings. The number of rotatable bonds is 7. The summed E-state index contributed by atoms with van der Waals surface area (Å²) in [5.74, 6) is 0.522. The van der Waals surface area contributed by atoms with Gasteiger partial charge in [-0.1, -0.05) is 0 Å². The molecule has 32 heavy (non-hydrogen) atoms. The van der Waals surface area contributed by atoms with E-state index in [9.17, 15) is 14.7 Å². The topological polar surface area (TPSA) is 111 Å². The van der Waals surface area contributed by atoms with Crippen molar-refractivity contribution in [1.82, 2.24) is 25.1 Å². The summed E-state index contributed by atoms with van der Waals surface area (Å²) in [6.07, 6.45) is 3.57. The number of amides is 2. The van der Waals surface area contributed by atoms with Gasteiger partial charge < -0.3 is 20.6 Å². The molecule has 2 aliphatic rings. The Morgan fingerprint density at radius 2 is 2.09 bits per heavy atom. The van der Waals surface area contributed by atoms with Gasteiger partial charge >= 0.3 is 0 Å². The normalized spacial score (nSPS) is 18.1. The fourth-order valence-electron chi connectivity index (χ4n) is 4.20. The molecule has 172 valence electrons. The fourth-order valence-corrected chi connectivity index (χ4v) is 5.06. The highest BCUT2D eigenvalue weighted by Crippen LogP contribution is 2.21. The van der Waals surface area contributed by atoms with Crippen molar-refractivity contribution >= 4 is 29.0 Å². The smallest absolute Gasteiger partial charge is 0.251 e. The first-order chi connectivity index (χ1) is 15.5. The molecule has 0 unspecified atom stereocenters. The predicted molar refractivity (Wildman–Crippen MR) is 123 cm³/mol. The number of piperidine rings is 1. The Kier molecular flexibility index (Phi) is 7.33. The number of nitrogens with one attached hydrogen (secondary N) is 2. The summed E-state index contributed by atoms with van der Waals surface area (Å²) in [5.41, 5.74) is 3.54. The molecule has 0 aliphatic carbocycles. The number of aliphatic hydroxyl groups is 1. The number of carbonyl (C=O) groups excluding carboxylic acids is 2. The van der Waals surface area contributed by atoms with Gasteiger partial charge in [0.05, 0.1) is 17.3 Å². The summed E-state index contributed by atoms with van der Waals surface area (Å²) in [6.45, 7) is 5.43. The number of pyridine rings is 1. The van der Waals surface area contributed by atoms with Crippen molar-refractivity contribution in [3.63, 3.8) is 0 Å². The number of aliphatic hydroxyl groups excluding tert-OH is 1. The Bertz CT molecular complexity index is 943. The molecule has 0 bridgehead atoms. The zero-order chi connectivity index (χ0) is 22.5. The van der Waals surface area contributed by atoms with E-state index >= 15 is 0 Å². The molecular weight excluding hydrogens is 428 g/mol. The van der Waals surface area contributed by atoms with E-state index in [0.29, 0.717) is 17.9 Å². The molecule has 0 aromatic carbocycles. The minimum absolute atomic E-state index is 0.107. The molecule has 4 rings (SSSR count). The molecule has 2 aliphatic heterocycles. The molecule has 0 spiro atoms. The molecular formula is C22H30N6O3S. The molecule has 0 radical (unpaired) electrons. The van der Waals surface area contributed by atoms with E-state index < -0.39 is 6.10 Å². The molecule has 0 saturated carbocycles. The summed E-state index contributed by atoms with van der Waals surface area (Å²) < 4.78 is 0. The van der Waals surface area contributed by atoms with Gasteiger partial charge in [-0.15, -0.1) is 11.3 Å². The number of aromatic nitrogens is 2. The molecule has 4 heterocycles. The van der Waals surface area contributed by atoms with E-state index in [1.807, 2.05) is 10.4 Å². The van der Waals surface area contributed by atoms with Gasteiger partial charge in [-0.3, -0.25) is 14.5 Å². The van der Waals surface area contributed by atoms with Crippen LogP contribution in [-0.4, -0.2) is 81.6 Å². The first kappa shape index (κ1) is 22.6. The zero-order valence-electron chi connectivity index (χ0n) is 18.3. The van der Waals surface area contributed by atoms with Crippen LogP contribution in [0.25, 0.3) is 0 Å². The number of hydrogen-bond donors (Lipinski definition) is 3. The monoisotopic (exact) mass is 458 g/mol. The van der Waals surface area contributed by atoms with E-state index in [2.05, 4.69) is 25.5 Å². The second kappa shape index (κ2) is 10.4. The van der Waals surface area contributed by atoms with Crippen LogP contribution in [0.15, 0.2) is 23.8 Å². The van der Waals surface area contributed by atoms with Crippen molar-refractivity contribution in [2.24, 2.45) is 0 Å². The fraction of sp³-hybridized carbons (Fsp3) is 0.545. The van der Waals surface area contributed by atoms with Gasteiger partial charge in [0.2, 0.25) is 5.91 Å². The molecule has 3 N–H and O–H groups in total. The van der Waals surface area contributed by atoms with Crippen LogP contribution in [0, 0.1) is 0 Å². The van der Waals surface area contributed by atoms with Crippen LogP contribution in [0.3, 0.4) is 0 Å². The lowest BCUT2D eigenvalue weighted by molar-refractivity contribution is -0.129. The number of hydrogen-bond acceptors (Lipinski definition) is 8. The quantitative estimate of drug-likeness (QED) is 0.570. The van der Waals surface area contributed by atoms with Crippen molar-refractivity contribution in [3.8, 4) is 0 Å². The van der Waals surface area contributed by atoms with E-state index in [1.54, 1.807) is 36.6 Å². The first-order valence-corrected chi connectivity index (χ1v) is 11.9. The molecule has 2 aromatic heterocycles. The van der Waals surface area contributed by atoms with E-state index in [4.69, 9.17) is 0 Å². The Hall–Kier alpha value is -2.56. The molecule has 1 fully saturated rings. The van der Waals surface area contributed by atoms with Gasteiger partial charge in [0.25, 0.3) is 5.91 Å². The maximum absolute atomic E-state index is 12.6. The van der Waals surface area contributed by atoms with Gasteiger partial charge in [-0.25, -0.2) is 9.97 Å². The van der Waals surface area contributed by atoms with Crippen LogP contribution in [0.2, 0.25) is 0 Å². The maximum atomic E-state index is 12.6. The Labute approximate surface area is 191 Å². The van der Waals surface area contributed by atoms with Crippen LogP contribution in [-0.2, 0) is 17.8 Å². The van der Waals surface area contributed by atoms with Crippen LogP contribution in [0.5, 0.6) is 0 Å². The van der Waals surface area contributed by atoms with Gasteiger partial charge in [0.15, 0.2) is 0 Å². The SMILES string of the molecule is CC(=O)N1CCC(Nc2cc(C(=O)NC[C@H](O)CN3CCc4ncsc4C3)ccn2)CC1. The summed E-state index contributed by atoms with van der Waals surface area (Å²) in [5, 5.41) is 16.6. The Morgan fingerprint density at radius 3 is 2.88 bits per heavy atom. The van der Waals surface area contributed by atoms with Crippen molar-refractivity contribution in [3.05, 3.63) is 40.0 Å². The highest BCUT2D eigenvalue weighted by molar-refractivity contribution is 7.09. The van der Waals surface area contributed by atoms with Gasteiger partial charge in [0, 0.05) is 75.3 Å². The van der Waals surface area contributed by atoms with Crippen molar-refractivity contribution < 1.29 is 14.7 Å². The molecule has 1 saturated heterocycles. The predicted octanol–water partition coefficient (Wildman–Crippen LogP) is 1.11. The first-order valence-electron chi connectivity index (χ1n) is 11.1. The molecule has 10 heteroatoms. The average molecular weight is 459 g/mol. The third-order valence-corrected chi connectivity index (χ3v) is 6.90. The molecule has 2 amide bonds. The summed E-state index contributed by atoms with van der Waals surface area (Å²) in [6, 6.07) is 3.62. The highest BCUT2D eigenvalue weighted by Gasteiger charge is 2.22. The minimum Gasteiger partial charge on any atom is -0.390 e. The second-order valence-corrected chi connectivity index (χ2v) is 9.36. The van der Waals surface area contributed by atoms with Crippen LogP contribution in [0.4, 0.5) is 5.82 Å². The minimum atomic E-state index is -0.640. The number of nitrogens with zero attached hydrogens (tertiary/aromatic N) is 4. The lowest BCUT2D eigenvalue weighted by Crippen LogP contribution is -2.42. The van der Waals surface area contributed by atoms with Gasteiger partial charge in [-0.2, -0.15) is 0 Å². The summed E-state index contributed by atoms with van der Waals surface area (Å²) in [4.78, 5) is 38.1. The van der Waals surface area contributed by atoms with E-state index in [0.717, 1.165) is 45.4 Å². The van der Waals surface area contributed by atoms with Gasteiger partial charge in [0.1, 0.15) is 5.82 Å². The third-order valence-electron chi connectivity index (χ3n) is 6.04. The highest BCUT2D eigenvalue weighted by atomic mass is 32.1. The van der Waals surface area contributed by atoms with Crippen LogP contribution in [0.1, 0.15) is 40.7 Å². The van der Waals surface area contributed by atoms with Gasteiger partial charge in [-0.05, 0) is 25.0 Å². The van der Waals surface area contributed by atoms with Crippen LogP contribution >= 0.6 is 11.3 Å². The number of β-amino-alcohol motifs (C(OH)–C–C–N with tert-alkyl or cyclic N) is 1. The summed E-state index contributed by atoms with van der Waals surface area (Å²) >= 11 is 1.65. The molecule has 1 atom stereocenters. The van der Waals surface area contributed by atoms with E-state index in [-0.39, 0.29) is 24.4 Å². The number of fused-ring (bicyclic) bond motifs is 1. The Morgan fingerprint density at radius 1 is 1.28 bits per heavy atom. The third kappa shape index (κ3) is 5.81. The zero-order valence-corrected chi connectivity index (χ0v) is 19.1. The van der Waals surface area contributed by atoms with Crippen molar-refractivity contribution in [2.45, 2.75) is 44.9 Å². The van der Waals surface area contributed by atoms with Crippen molar-refractivity contribution in [1.29, 1.82) is 0 Å². The Balaban J connectivity index is 1.23. The number of likely N-dealkylation sites (tertiary alicyclic amines) is 1. The number of thiazole rings is 1. The second-order valence-electron chi connectivity index (χ2n) is 8.43. The standard InChI is InChI=1S/C22H30N6O3S/c1-15(29)28-8-3-17(4-9-28)26-21-10-16(2-6-23-21)22(31)24-11-18(30)12-27-7-5-19-20(13-27)32-14-25-19/h2,6,10,14,17-18,30H,3-5,7-9,11-13H2,1H3,(H,23,26)(H,24,31)/t18-/m0/s1. The average Bonchev–Trinajstić information content (AvgIpc) is 3.26.